The van der Waals surface area contributed by atoms with Crippen molar-refractivity contribution < 1.29 is 4.79 Å². The highest BCUT2D eigenvalue weighted by molar-refractivity contribution is 7.17. The van der Waals surface area contributed by atoms with Crippen molar-refractivity contribution in [2.45, 2.75) is 6.92 Å². The first-order chi connectivity index (χ1) is 10.2. The monoisotopic (exact) mass is 291 g/mol. The van der Waals surface area contributed by atoms with Crippen molar-refractivity contribution in [3.8, 4) is 0 Å². The Morgan fingerprint density at radius 3 is 2.81 bits per heavy atom. The first-order valence-corrected chi connectivity index (χ1v) is 7.71. The quantitative estimate of drug-likeness (QED) is 0.522. The summed E-state index contributed by atoms with van der Waals surface area (Å²) in [5.74, 6) is 0.0873. The molecule has 1 N–H and O–H groups in total. The molecule has 0 unspecified atom stereocenters. The van der Waals surface area contributed by atoms with Gasteiger partial charge in [0.2, 0.25) is 0 Å². The third-order valence-electron chi connectivity index (χ3n) is 3.81. The van der Waals surface area contributed by atoms with E-state index in [-0.39, 0.29) is 5.78 Å². The summed E-state index contributed by atoms with van der Waals surface area (Å²) in [5, 5.41) is 3.99. The van der Waals surface area contributed by atoms with E-state index in [2.05, 4.69) is 17.1 Å². The van der Waals surface area contributed by atoms with Crippen molar-refractivity contribution in [2.75, 3.05) is 0 Å². The Labute approximate surface area is 126 Å². The molecule has 2 nitrogen and oxygen atoms in total. The predicted octanol–water partition coefficient (Wildman–Crippen LogP) is 4.92. The highest BCUT2D eigenvalue weighted by Crippen LogP contribution is 2.29. The fraction of sp³-hybridized carbons (Fsp3) is 0.0556. The van der Waals surface area contributed by atoms with Gasteiger partial charge in [-0.2, -0.15) is 0 Å². The molecule has 0 amide bonds. The number of aromatic amines is 1. The summed E-state index contributed by atoms with van der Waals surface area (Å²) in [7, 11) is 0. The van der Waals surface area contributed by atoms with Gasteiger partial charge in [0.25, 0.3) is 0 Å². The number of hydrogen-bond donors (Lipinski definition) is 1. The molecule has 0 spiro atoms. The topological polar surface area (TPSA) is 32.9 Å². The van der Waals surface area contributed by atoms with Crippen molar-refractivity contribution in [1.82, 2.24) is 4.98 Å². The van der Waals surface area contributed by atoms with Gasteiger partial charge >= 0.3 is 0 Å². The first kappa shape index (κ1) is 12.4. The van der Waals surface area contributed by atoms with Crippen LogP contribution in [0.15, 0.2) is 54.0 Å². The summed E-state index contributed by atoms with van der Waals surface area (Å²) in [5.41, 5.74) is 3.70. The third-order valence-corrected chi connectivity index (χ3v) is 4.77. The SMILES string of the molecule is Cc1ccc2[nH]cc(C(=O)c3csc4ccccc34)c2c1. The van der Waals surface area contributed by atoms with Crippen LogP contribution in [-0.2, 0) is 0 Å². The van der Waals surface area contributed by atoms with E-state index in [0.29, 0.717) is 0 Å². The van der Waals surface area contributed by atoms with Crippen LogP contribution in [0, 0.1) is 6.92 Å². The lowest BCUT2D eigenvalue weighted by atomic mass is 10.0. The molecule has 4 rings (SSSR count). The summed E-state index contributed by atoms with van der Waals surface area (Å²) in [4.78, 5) is 16.1. The van der Waals surface area contributed by atoms with Crippen LogP contribution < -0.4 is 0 Å². The Morgan fingerprint density at radius 2 is 1.90 bits per heavy atom. The van der Waals surface area contributed by atoms with Gasteiger partial charge in [0.15, 0.2) is 5.78 Å². The van der Waals surface area contributed by atoms with E-state index in [9.17, 15) is 4.79 Å². The molecule has 21 heavy (non-hydrogen) atoms. The van der Waals surface area contributed by atoms with Crippen molar-refractivity contribution in [2.24, 2.45) is 0 Å². The molecule has 2 heterocycles. The molecule has 0 saturated heterocycles. The molecule has 0 aliphatic heterocycles. The number of carbonyl (C=O) groups is 1. The van der Waals surface area contributed by atoms with E-state index < -0.39 is 0 Å². The van der Waals surface area contributed by atoms with Crippen LogP contribution >= 0.6 is 11.3 Å². The van der Waals surface area contributed by atoms with Crippen LogP contribution in [0.3, 0.4) is 0 Å². The Morgan fingerprint density at radius 1 is 1.05 bits per heavy atom. The van der Waals surface area contributed by atoms with Gasteiger partial charge < -0.3 is 4.98 Å². The van der Waals surface area contributed by atoms with Crippen LogP contribution in [0.1, 0.15) is 21.5 Å². The first-order valence-electron chi connectivity index (χ1n) is 6.83. The van der Waals surface area contributed by atoms with E-state index in [4.69, 9.17) is 0 Å². The highest BCUT2D eigenvalue weighted by atomic mass is 32.1. The Bertz CT molecular complexity index is 977. The minimum absolute atomic E-state index is 0.0873. The van der Waals surface area contributed by atoms with Gasteiger partial charge in [0.1, 0.15) is 0 Å². The number of ketones is 1. The van der Waals surface area contributed by atoms with Crippen LogP contribution in [0.4, 0.5) is 0 Å². The molecular formula is C18H13NOS. The van der Waals surface area contributed by atoms with Gasteiger partial charge in [-0.1, -0.05) is 29.8 Å². The second kappa shape index (κ2) is 4.57. The van der Waals surface area contributed by atoms with Gasteiger partial charge in [-0.05, 0) is 25.1 Å². The van der Waals surface area contributed by atoms with E-state index >= 15 is 0 Å². The summed E-state index contributed by atoms with van der Waals surface area (Å²) in [6.45, 7) is 2.04. The second-order valence-corrected chi connectivity index (χ2v) is 6.14. The molecule has 0 aliphatic carbocycles. The lowest BCUT2D eigenvalue weighted by molar-refractivity contribution is 0.104. The number of fused-ring (bicyclic) bond motifs is 2. The van der Waals surface area contributed by atoms with Crippen molar-refractivity contribution in [1.29, 1.82) is 0 Å². The lowest BCUT2D eigenvalue weighted by Gasteiger charge is -1.99. The normalized spacial score (nSPS) is 11.3. The number of aryl methyl sites for hydroxylation is 1. The highest BCUT2D eigenvalue weighted by Gasteiger charge is 2.17. The fourth-order valence-corrected chi connectivity index (χ4v) is 3.66. The number of benzene rings is 2. The van der Waals surface area contributed by atoms with Crippen LogP contribution in [0.5, 0.6) is 0 Å². The minimum Gasteiger partial charge on any atom is -0.360 e. The molecule has 2 aromatic heterocycles. The Hall–Kier alpha value is -2.39. The molecule has 3 heteroatoms. The molecular weight excluding hydrogens is 278 g/mol. The Balaban J connectivity index is 1.92. The van der Waals surface area contributed by atoms with E-state index in [1.807, 2.05) is 48.8 Å². The van der Waals surface area contributed by atoms with E-state index in [1.165, 1.54) is 0 Å². The van der Waals surface area contributed by atoms with Gasteiger partial charge in [-0.25, -0.2) is 0 Å². The number of hydrogen-bond acceptors (Lipinski definition) is 2. The summed E-state index contributed by atoms with van der Waals surface area (Å²) in [6, 6.07) is 14.2. The number of nitrogens with one attached hydrogen (secondary N) is 1. The third kappa shape index (κ3) is 1.89. The van der Waals surface area contributed by atoms with Gasteiger partial charge in [-0.3, -0.25) is 4.79 Å². The zero-order valence-corrected chi connectivity index (χ0v) is 12.3. The van der Waals surface area contributed by atoms with Crippen LogP contribution in [0.25, 0.3) is 21.0 Å². The molecule has 0 saturated carbocycles. The number of H-pyrrole nitrogens is 1. The standard InChI is InChI=1S/C18H13NOS/c1-11-6-7-16-13(8-11)14(9-19-16)18(20)15-10-21-17-5-3-2-4-12(15)17/h2-10,19H,1H3. The maximum atomic E-state index is 12.9. The lowest BCUT2D eigenvalue weighted by Crippen LogP contribution is -1.99. The molecule has 0 atom stereocenters. The zero-order valence-electron chi connectivity index (χ0n) is 11.5. The molecule has 0 bridgehead atoms. The molecule has 102 valence electrons. The summed E-state index contributed by atoms with van der Waals surface area (Å²) >= 11 is 1.62. The smallest absolute Gasteiger partial charge is 0.196 e. The number of carbonyl (C=O) groups excluding carboxylic acids is 1. The number of rotatable bonds is 2. The molecule has 0 radical (unpaired) electrons. The minimum atomic E-state index is 0.0873. The van der Waals surface area contributed by atoms with Crippen LogP contribution in [0.2, 0.25) is 0 Å². The maximum Gasteiger partial charge on any atom is 0.196 e. The fourth-order valence-electron chi connectivity index (χ4n) is 2.72. The van der Waals surface area contributed by atoms with Crippen molar-refractivity contribution >= 4 is 38.1 Å². The van der Waals surface area contributed by atoms with Crippen molar-refractivity contribution in [3.63, 3.8) is 0 Å². The van der Waals surface area contributed by atoms with E-state index in [0.717, 1.165) is 37.7 Å². The summed E-state index contributed by atoms with van der Waals surface area (Å²) < 4.78 is 1.15. The van der Waals surface area contributed by atoms with E-state index in [1.54, 1.807) is 11.3 Å². The van der Waals surface area contributed by atoms with Gasteiger partial charge in [-0.15, -0.1) is 11.3 Å². The zero-order chi connectivity index (χ0) is 14.4. The van der Waals surface area contributed by atoms with Gasteiger partial charge in [0, 0.05) is 43.7 Å². The second-order valence-electron chi connectivity index (χ2n) is 5.23. The van der Waals surface area contributed by atoms with Crippen LogP contribution in [-0.4, -0.2) is 10.8 Å². The average molecular weight is 291 g/mol. The molecule has 0 fully saturated rings. The number of thiophene rings is 1. The molecule has 2 aromatic carbocycles. The van der Waals surface area contributed by atoms with Crippen molar-refractivity contribution in [3.05, 3.63) is 70.7 Å². The maximum absolute atomic E-state index is 12.9. The average Bonchev–Trinajstić information content (AvgIpc) is 3.10. The Kier molecular flexibility index (Phi) is 2.69. The molecule has 4 aromatic rings. The predicted molar refractivity (Wildman–Crippen MR) is 88.3 cm³/mol. The largest absolute Gasteiger partial charge is 0.360 e. The molecule has 0 aliphatic rings. The van der Waals surface area contributed by atoms with Gasteiger partial charge in [0.05, 0.1) is 0 Å². The number of aromatic nitrogens is 1. The summed E-state index contributed by atoms with van der Waals surface area (Å²) in [6.07, 6.45) is 1.82.